The number of nitrogens with one attached hydrogen (secondary N) is 1. The molecule has 2 atom stereocenters. The first-order valence-corrected chi connectivity index (χ1v) is 17.1. The number of aromatic nitrogens is 2. The summed E-state index contributed by atoms with van der Waals surface area (Å²) < 4.78 is 67.7. The van der Waals surface area contributed by atoms with Crippen molar-refractivity contribution in [2.75, 3.05) is 37.6 Å². The molecule has 1 amide bonds. The topological polar surface area (TPSA) is 98.7 Å². The Kier molecular flexibility index (Phi) is 9.85. The third-order valence-corrected chi connectivity index (χ3v) is 11.7. The number of halogens is 4. The number of carbonyl (C=O) groups is 1. The maximum Gasteiger partial charge on any atom is 0.416 e. The molecule has 44 heavy (non-hydrogen) atoms. The van der Waals surface area contributed by atoms with Crippen molar-refractivity contribution in [2.45, 2.75) is 62.1 Å². The highest BCUT2D eigenvalue weighted by atomic mass is 35.5. The number of rotatable bonds is 10. The van der Waals surface area contributed by atoms with E-state index in [1.165, 1.54) is 28.6 Å². The Balaban J connectivity index is 1.38. The number of likely N-dealkylation sites (N-methyl/N-ethyl adjacent to an activating group) is 1. The number of thiophene rings is 1. The van der Waals surface area contributed by atoms with Crippen LogP contribution >= 0.6 is 22.9 Å². The second-order valence-corrected chi connectivity index (χ2v) is 14.6. The number of amides is 1. The molecule has 0 saturated carbocycles. The molecule has 1 aromatic carbocycles. The molecule has 2 fully saturated rings. The first kappa shape index (κ1) is 32.6. The van der Waals surface area contributed by atoms with Crippen LogP contribution in [-0.4, -0.2) is 78.3 Å². The van der Waals surface area contributed by atoms with Crippen LogP contribution in [0.2, 0.25) is 4.34 Å². The summed E-state index contributed by atoms with van der Waals surface area (Å²) in [6, 6.07) is 8.79. The van der Waals surface area contributed by atoms with Crippen LogP contribution in [0.15, 0.2) is 46.7 Å². The summed E-state index contributed by atoms with van der Waals surface area (Å²) in [5.41, 5.74) is 0.614. The predicted molar refractivity (Wildman–Crippen MR) is 164 cm³/mol. The molecule has 5 rings (SSSR count). The minimum Gasteiger partial charge on any atom is -0.349 e. The highest BCUT2D eigenvalue weighted by Gasteiger charge is 2.40. The summed E-state index contributed by atoms with van der Waals surface area (Å²) >= 11 is 6.90. The van der Waals surface area contributed by atoms with Gasteiger partial charge in [0.15, 0.2) is 0 Å². The molecule has 3 aromatic rings. The highest BCUT2D eigenvalue weighted by molar-refractivity contribution is 7.91. The van der Waals surface area contributed by atoms with Crippen molar-refractivity contribution in [2.24, 2.45) is 0 Å². The van der Waals surface area contributed by atoms with Crippen LogP contribution in [0.3, 0.4) is 0 Å². The Morgan fingerprint density at radius 3 is 2.45 bits per heavy atom. The first-order valence-electron chi connectivity index (χ1n) is 14.5. The fourth-order valence-corrected chi connectivity index (χ4v) is 9.06. The zero-order chi connectivity index (χ0) is 31.6. The van der Waals surface area contributed by atoms with Crippen LogP contribution in [0.25, 0.3) is 11.3 Å². The fourth-order valence-electron chi connectivity index (χ4n) is 5.79. The molecule has 1 unspecified atom stereocenters. The van der Waals surface area contributed by atoms with Crippen LogP contribution < -0.4 is 10.2 Å². The van der Waals surface area contributed by atoms with Gasteiger partial charge in [0, 0.05) is 31.2 Å². The third kappa shape index (κ3) is 7.04. The summed E-state index contributed by atoms with van der Waals surface area (Å²) in [7, 11) is -3.90. The number of anilines is 1. The molecule has 15 heteroatoms. The van der Waals surface area contributed by atoms with Crippen molar-refractivity contribution >= 4 is 44.8 Å². The number of hydrogen-bond donors (Lipinski definition) is 1. The predicted octanol–water partition coefficient (Wildman–Crippen LogP) is 5.27. The van der Waals surface area contributed by atoms with Gasteiger partial charge in [-0.25, -0.2) is 18.4 Å². The minimum atomic E-state index is -4.46. The standard InChI is InChI=1S/C29H34ClF3N6O3S2/c1-3-37(4-2)22-13-15-38(18-22)28-35-21(16-23(36-28)19-7-9-20(10-8-19)29(31,32)33)17-34-27(40)24-6-5-14-39(24)44(41,42)26-12-11-25(30)43-26/h7-12,16,22,24H,3-6,13-15,17-18H2,1-2H3,(H,34,40)/t22?,24-/m1/s1. The largest absolute Gasteiger partial charge is 0.416 e. The molecule has 1 N–H and O–H groups in total. The van der Waals surface area contributed by atoms with Gasteiger partial charge in [-0.2, -0.15) is 17.5 Å². The lowest BCUT2D eigenvalue weighted by Gasteiger charge is -2.26. The van der Waals surface area contributed by atoms with E-state index in [4.69, 9.17) is 21.6 Å². The first-order chi connectivity index (χ1) is 20.9. The molecular formula is C29H34ClF3N6O3S2. The van der Waals surface area contributed by atoms with Gasteiger partial charge in [-0.3, -0.25) is 9.69 Å². The van der Waals surface area contributed by atoms with Crippen molar-refractivity contribution < 1.29 is 26.4 Å². The molecule has 0 bridgehead atoms. The molecule has 2 aromatic heterocycles. The van der Waals surface area contributed by atoms with Gasteiger partial charge < -0.3 is 10.2 Å². The molecule has 9 nitrogen and oxygen atoms in total. The van der Waals surface area contributed by atoms with E-state index in [2.05, 4.69) is 29.0 Å². The van der Waals surface area contributed by atoms with Crippen molar-refractivity contribution in [3.63, 3.8) is 0 Å². The zero-order valence-corrected chi connectivity index (χ0v) is 26.7. The normalized spacial score (nSPS) is 19.7. The van der Waals surface area contributed by atoms with Crippen LogP contribution in [0.4, 0.5) is 19.1 Å². The summed E-state index contributed by atoms with van der Waals surface area (Å²) in [4.78, 5) is 27.2. The van der Waals surface area contributed by atoms with Gasteiger partial charge in [0.1, 0.15) is 10.3 Å². The number of hydrogen-bond acceptors (Lipinski definition) is 8. The Bertz CT molecular complexity index is 1580. The number of carbonyl (C=O) groups excluding carboxylic acids is 1. The van der Waals surface area contributed by atoms with E-state index < -0.39 is 33.7 Å². The smallest absolute Gasteiger partial charge is 0.349 e. The van der Waals surface area contributed by atoms with Crippen LogP contribution in [0.1, 0.15) is 44.4 Å². The van der Waals surface area contributed by atoms with Gasteiger partial charge in [0.25, 0.3) is 10.0 Å². The van der Waals surface area contributed by atoms with Crippen LogP contribution in [-0.2, 0) is 27.5 Å². The fraction of sp³-hybridized carbons (Fsp3) is 0.483. The Hall–Kier alpha value is -2.78. The summed E-state index contributed by atoms with van der Waals surface area (Å²) in [6.07, 6.45) is -2.63. The van der Waals surface area contributed by atoms with E-state index in [9.17, 15) is 26.4 Å². The lowest BCUT2D eigenvalue weighted by molar-refractivity contribution is -0.137. The maximum absolute atomic E-state index is 13.3. The molecule has 2 saturated heterocycles. The Morgan fingerprint density at radius 1 is 1.09 bits per heavy atom. The lowest BCUT2D eigenvalue weighted by Crippen LogP contribution is -2.45. The van der Waals surface area contributed by atoms with E-state index in [0.29, 0.717) is 59.2 Å². The quantitative estimate of drug-likeness (QED) is 0.314. The zero-order valence-electron chi connectivity index (χ0n) is 24.3. The molecule has 2 aliphatic heterocycles. The SMILES string of the molecule is CCN(CC)C1CCN(c2nc(CNC(=O)[C@H]3CCCN3S(=O)(=O)c3ccc(Cl)s3)cc(-c3ccc(C(F)(F)F)cc3)n2)C1. The molecule has 0 aliphatic carbocycles. The van der Waals surface area contributed by atoms with Gasteiger partial charge in [-0.05, 0) is 62.7 Å². The summed E-state index contributed by atoms with van der Waals surface area (Å²) in [6.45, 7) is 7.66. The average molecular weight is 671 g/mol. The van der Waals surface area contributed by atoms with Gasteiger partial charge in [0.05, 0.1) is 27.8 Å². The van der Waals surface area contributed by atoms with E-state index in [0.717, 1.165) is 43.0 Å². The van der Waals surface area contributed by atoms with E-state index in [1.807, 2.05) is 0 Å². The van der Waals surface area contributed by atoms with Crippen molar-refractivity contribution in [1.82, 2.24) is 24.5 Å². The number of benzene rings is 1. The minimum absolute atomic E-state index is 0.00941. The van der Waals surface area contributed by atoms with Gasteiger partial charge >= 0.3 is 6.18 Å². The Labute approximate surface area is 264 Å². The van der Waals surface area contributed by atoms with Crippen LogP contribution in [0, 0.1) is 0 Å². The van der Waals surface area contributed by atoms with E-state index >= 15 is 0 Å². The van der Waals surface area contributed by atoms with E-state index in [-0.39, 0.29) is 17.3 Å². The number of alkyl halides is 3. The van der Waals surface area contributed by atoms with Crippen molar-refractivity contribution in [3.8, 4) is 11.3 Å². The molecular weight excluding hydrogens is 637 g/mol. The molecule has 0 spiro atoms. The summed E-state index contributed by atoms with van der Waals surface area (Å²) in [5, 5.41) is 2.84. The van der Waals surface area contributed by atoms with E-state index in [1.54, 1.807) is 6.07 Å². The van der Waals surface area contributed by atoms with Gasteiger partial charge in [0.2, 0.25) is 11.9 Å². The van der Waals surface area contributed by atoms with Crippen molar-refractivity contribution in [1.29, 1.82) is 0 Å². The highest BCUT2D eigenvalue weighted by Crippen LogP contribution is 2.33. The van der Waals surface area contributed by atoms with Gasteiger partial charge in [-0.1, -0.05) is 37.6 Å². The molecule has 238 valence electrons. The van der Waals surface area contributed by atoms with Crippen molar-refractivity contribution in [3.05, 3.63) is 58.1 Å². The maximum atomic E-state index is 13.3. The number of nitrogens with zero attached hydrogens (tertiary/aromatic N) is 5. The lowest BCUT2D eigenvalue weighted by atomic mass is 10.1. The van der Waals surface area contributed by atoms with Gasteiger partial charge in [-0.15, -0.1) is 11.3 Å². The molecule has 0 radical (unpaired) electrons. The van der Waals surface area contributed by atoms with Crippen LogP contribution in [0.5, 0.6) is 0 Å². The second-order valence-electron chi connectivity index (χ2n) is 10.8. The molecule has 2 aliphatic rings. The third-order valence-electron chi connectivity index (χ3n) is 8.11. The monoisotopic (exact) mass is 670 g/mol. The second kappa shape index (κ2) is 13.3. The summed E-state index contributed by atoms with van der Waals surface area (Å²) in [5.74, 6) is -0.0197. The molecule has 4 heterocycles. The average Bonchev–Trinajstić information content (AvgIpc) is 3.78. The number of sulfonamides is 1. The Morgan fingerprint density at radius 2 is 1.82 bits per heavy atom.